The van der Waals surface area contributed by atoms with Crippen molar-refractivity contribution in [3.8, 4) is 0 Å². The molecule has 0 aliphatic heterocycles. The molecular formula is C11H14N4O2S. The maximum Gasteiger partial charge on any atom is 0.372 e. The summed E-state index contributed by atoms with van der Waals surface area (Å²) < 4.78 is 1.54. The van der Waals surface area contributed by atoms with Crippen molar-refractivity contribution in [1.29, 1.82) is 0 Å². The van der Waals surface area contributed by atoms with Gasteiger partial charge in [-0.2, -0.15) is 9.38 Å². The highest BCUT2D eigenvalue weighted by Crippen LogP contribution is 2.40. The minimum absolute atomic E-state index is 0.00872. The molecule has 1 aliphatic carbocycles. The molecule has 2 aromatic heterocycles. The summed E-state index contributed by atoms with van der Waals surface area (Å²) in [5.74, 6) is 0.458. The van der Waals surface area contributed by atoms with E-state index < -0.39 is 0 Å². The number of nitro groups is 1. The van der Waals surface area contributed by atoms with Crippen LogP contribution in [-0.4, -0.2) is 19.8 Å². The molecule has 0 bridgehead atoms. The third kappa shape index (κ3) is 1.58. The minimum atomic E-state index is -0.364. The standard InChI is InChI=1S/C11H14N4O2S/c1-2-11(4-3-5-11)13-8-9(15(16)17)14-6-7-18-10(14)12-8/h6-7,13H,2-5H2,1H3. The Hall–Kier alpha value is -1.63. The lowest BCUT2D eigenvalue weighted by Crippen LogP contribution is -2.44. The van der Waals surface area contributed by atoms with Gasteiger partial charge in [-0.1, -0.05) is 18.3 Å². The van der Waals surface area contributed by atoms with Crippen LogP contribution < -0.4 is 5.32 Å². The van der Waals surface area contributed by atoms with Gasteiger partial charge in [0.1, 0.15) is 6.20 Å². The molecule has 1 fully saturated rings. The Balaban J connectivity index is 2.03. The normalized spacial score (nSPS) is 17.6. The van der Waals surface area contributed by atoms with E-state index in [0.717, 1.165) is 19.3 Å². The molecule has 6 nitrogen and oxygen atoms in total. The molecule has 0 unspecified atom stereocenters. The lowest BCUT2D eigenvalue weighted by Gasteiger charge is -2.41. The van der Waals surface area contributed by atoms with Gasteiger partial charge in [0, 0.05) is 10.9 Å². The van der Waals surface area contributed by atoms with E-state index in [-0.39, 0.29) is 16.3 Å². The first-order valence-electron chi connectivity index (χ1n) is 6.03. The summed E-state index contributed by atoms with van der Waals surface area (Å²) in [6.45, 7) is 2.11. The third-order valence-electron chi connectivity index (χ3n) is 3.78. The van der Waals surface area contributed by atoms with Crippen LogP contribution in [0.2, 0.25) is 0 Å². The topological polar surface area (TPSA) is 72.5 Å². The first kappa shape index (κ1) is 11.5. The molecule has 0 amide bonds. The molecule has 0 radical (unpaired) electrons. The number of hydrogen-bond donors (Lipinski definition) is 1. The summed E-state index contributed by atoms with van der Waals surface area (Å²) in [6, 6.07) is 0. The van der Waals surface area contributed by atoms with Gasteiger partial charge < -0.3 is 15.4 Å². The Kier molecular flexibility index (Phi) is 2.51. The van der Waals surface area contributed by atoms with Crippen LogP contribution >= 0.6 is 11.3 Å². The number of nitrogens with one attached hydrogen (secondary N) is 1. The SMILES string of the molecule is CCC1(Nc2nc3sccn3c2[N+](=O)[O-])CCC1. The second kappa shape index (κ2) is 3.94. The highest BCUT2D eigenvalue weighted by atomic mass is 32.1. The van der Waals surface area contributed by atoms with Crippen molar-refractivity contribution in [2.75, 3.05) is 5.32 Å². The molecule has 0 spiro atoms. The molecule has 1 N–H and O–H groups in total. The molecule has 7 heteroatoms. The van der Waals surface area contributed by atoms with Crippen LogP contribution in [0.25, 0.3) is 4.96 Å². The third-order valence-corrected chi connectivity index (χ3v) is 4.54. The van der Waals surface area contributed by atoms with Crippen LogP contribution in [0.15, 0.2) is 11.6 Å². The van der Waals surface area contributed by atoms with E-state index in [1.807, 2.05) is 0 Å². The van der Waals surface area contributed by atoms with Crippen molar-refractivity contribution < 1.29 is 4.92 Å². The Morgan fingerprint density at radius 1 is 1.67 bits per heavy atom. The molecule has 2 heterocycles. The highest BCUT2D eigenvalue weighted by Gasteiger charge is 2.38. The van der Waals surface area contributed by atoms with Crippen molar-refractivity contribution in [3.63, 3.8) is 0 Å². The van der Waals surface area contributed by atoms with Gasteiger partial charge in [-0.3, -0.25) is 0 Å². The van der Waals surface area contributed by atoms with Gasteiger partial charge >= 0.3 is 5.82 Å². The highest BCUT2D eigenvalue weighted by molar-refractivity contribution is 7.15. The van der Waals surface area contributed by atoms with Crippen LogP contribution in [-0.2, 0) is 0 Å². The minimum Gasteiger partial charge on any atom is -0.358 e. The van der Waals surface area contributed by atoms with E-state index in [1.165, 1.54) is 22.2 Å². The van der Waals surface area contributed by atoms with Gasteiger partial charge in [0.15, 0.2) is 0 Å². The number of thiazole rings is 1. The summed E-state index contributed by atoms with van der Waals surface area (Å²) in [7, 11) is 0. The first-order chi connectivity index (χ1) is 8.65. The van der Waals surface area contributed by atoms with Crippen LogP contribution in [0.1, 0.15) is 32.6 Å². The second-order valence-corrected chi connectivity index (χ2v) is 5.58. The van der Waals surface area contributed by atoms with Crippen LogP contribution in [0, 0.1) is 10.1 Å². The quantitative estimate of drug-likeness (QED) is 0.682. The first-order valence-corrected chi connectivity index (χ1v) is 6.91. The summed E-state index contributed by atoms with van der Waals surface area (Å²) in [5, 5.41) is 16.3. The van der Waals surface area contributed by atoms with Crippen molar-refractivity contribution >= 4 is 27.9 Å². The van der Waals surface area contributed by atoms with Crippen molar-refractivity contribution in [3.05, 3.63) is 21.7 Å². The summed E-state index contributed by atoms with van der Waals surface area (Å²) in [4.78, 5) is 15.8. The Bertz CT molecular complexity index is 594. The zero-order chi connectivity index (χ0) is 12.8. The zero-order valence-corrected chi connectivity index (χ0v) is 10.9. The maximum absolute atomic E-state index is 11.2. The van der Waals surface area contributed by atoms with Gasteiger partial charge in [0.05, 0.1) is 0 Å². The summed E-state index contributed by atoms with van der Waals surface area (Å²) >= 11 is 1.41. The molecule has 0 aromatic carbocycles. The van der Waals surface area contributed by atoms with E-state index in [0.29, 0.717) is 10.8 Å². The molecule has 0 atom stereocenters. The Morgan fingerprint density at radius 3 is 3.00 bits per heavy atom. The zero-order valence-electron chi connectivity index (χ0n) is 10.0. The smallest absolute Gasteiger partial charge is 0.358 e. The molecule has 2 aromatic rings. The maximum atomic E-state index is 11.2. The number of aromatic nitrogens is 2. The molecular weight excluding hydrogens is 252 g/mol. The van der Waals surface area contributed by atoms with E-state index in [1.54, 1.807) is 11.6 Å². The fourth-order valence-electron chi connectivity index (χ4n) is 2.45. The molecule has 3 rings (SSSR count). The fourth-order valence-corrected chi connectivity index (χ4v) is 3.16. The van der Waals surface area contributed by atoms with E-state index in [9.17, 15) is 10.1 Å². The van der Waals surface area contributed by atoms with Crippen molar-refractivity contribution in [1.82, 2.24) is 9.38 Å². The average molecular weight is 266 g/mol. The second-order valence-electron chi connectivity index (χ2n) is 4.71. The predicted octanol–water partition coefficient (Wildman–Crippen LogP) is 3.05. The van der Waals surface area contributed by atoms with Gasteiger partial charge in [0.25, 0.3) is 4.96 Å². The predicted molar refractivity (Wildman–Crippen MR) is 70.2 cm³/mol. The summed E-state index contributed by atoms with van der Waals surface area (Å²) in [6.07, 6.45) is 5.96. The number of hydrogen-bond acceptors (Lipinski definition) is 5. The van der Waals surface area contributed by atoms with E-state index in [2.05, 4.69) is 17.2 Å². The Labute approximate surface area is 108 Å². The van der Waals surface area contributed by atoms with Gasteiger partial charge in [-0.05, 0) is 30.6 Å². The molecule has 1 aliphatic rings. The Morgan fingerprint density at radius 2 is 2.44 bits per heavy atom. The lowest BCUT2D eigenvalue weighted by molar-refractivity contribution is -0.389. The number of rotatable bonds is 4. The summed E-state index contributed by atoms with van der Waals surface area (Å²) in [5.41, 5.74) is 0.00872. The monoisotopic (exact) mass is 266 g/mol. The van der Waals surface area contributed by atoms with Crippen molar-refractivity contribution in [2.24, 2.45) is 0 Å². The van der Waals surface area contributed by atoms with Gasteiger partial charge in [0.2, 0.25) is 5.82 Å². The molecule has 96 valence electrons. The largest absolute Gasteiger partial charge is 0.372 e. The van der Waals surface area contributed by atoms with E-state index in [4.69, 9.17) is 0 Å². The van der Waals surface area contributed by atoms with E-state index >= 15 is 0 Å². The van der Waals surface area contributed by atoms with Gasteiger partial charge in [-0.15, -0.1) is 0 Å². The molecule has 1 saturated carbocycles. The number of fused-ring (bicyclic) bond motifs is 1. The van der Waals surface area contributed by atoms with Crippen LogP contribution in [0.5, 0.6) is 0 Å². The van der Waals surface area contributed by atoms with Crippen LogP contribution in [0.4, 0.5) is 11.6 Å². The fraction of sp³-hybridized carbons (Fsp3) is 0.545. The van der Waals surface area contributed by atoms with Crippen LogP contribution in [0.3, 0.4) is 0 Å². The lowest BCUT2D eigenvalue weighted by atomic mass is 9.75. The number of imidazole rings is 1. The molecule has 18 heavy (non-hydrogen) atoms. The van der Waals surface area contributed by atoms with Gasteiger partial charge in [-0.25, -0.2) is 0 Å². The average Bonchev–Trinajstić information content (AvgIpc) is 2.81. The molecule has 0 saturated heterocycles. The number of anilines is 1. The van der Waals surface area contributed by atoms with Crippen molar-refractivity contribution in [2.45, 2.75) is 38.1 Å². The number of nitrogens with zero attached hydrogens (tertiary/aromatic N) is 3.